The molecule has 0 radical (unpaired) electrons. The highest BCUT2D eigenvalue weighted by molar-refractivity contribution is 9.13. The zero-order valence-corrected chi connectivity index (χ0v) is 14.2. The Hall–Kier alpha value is -1.18. The Morgan fingerprint density at radius 2 is 1.80 bits per heavy atom. The van der Waals surface area contributed by atoms with Crippen molar-refractivity contribution >= 4 is 48.9 Å². The van der Waals surface area contributed by atoms with Crippen LogP contribution in [0.3, 0.4) is 0 Å². The van der Waals surface area contributed by atoms with Crippen LogP contribution in [0.1, 0.15) is 4.88 Å². The van der Waals surface area contributed by atoms with Crippen LogP contribution in [0.25, 0.3) is 5.69 Å². The normalized spacial score (nSPS) is 10.7. The molecule has 0 aliphatic heterocycles. The first-order valence-corrected chi connectivity index (χ1v) is 8.27. The van der Waals surface area contributed by atoms with Crippen LogP contribution in [-0.2, 0) is 6.54 Å². The van der Waals surface area contributed by atoms with Crippen molar-refractivity contribution in [3.8, 4) is 5.69 Å². The first-order valence-electron chi connectivity index (χ1n) is 5.87. The van der Waals surface area contributed by atoms with Gasteiger partial charge in [0.15, 0.2) is 0 Å². The number of hydrogen-bond acceptors (Lipinski definition) is 4. The third-order valence-corrected chi connectivity index (χ3v) is 5.94. The van der Waals surface area contributed by atoms with Gasteiger partial charge < -0.3 is 5.32 Å². The van der Waals surface area contributed by atoms with E-state index in [1.165, 1.54) is 4.88 Å². The van der Waals surface area contributed by atoms with Gasteiger partial charge in [-0.3, -0.25) is 0 Å². The second-order valence-electron chi connectivity index (χ2n) is 4.05. The molecule has 0 unspecified atom stereocenters. The summed E-state index contributed by atoms with van der Waals surface area (Å²) in [5, 5.41) is 11.6. The van der Waals surface area contributed by atoms with E-state index in [1.54, 1.807) is 28.5 Å². The van der Waals surface area contributed by atoms with E-state index in [-0.39, 0.29) is 0 Å². The Kier molecular flexibility index (Phi) is 4.18. The molecule has 20 heavy (non-hydrogen) atoms. The molecule has 2 heterocycles. The third kappa shape index (κ3) is 3.11. The highest BCUT2D eigenvalue weighted by atomic mass is 79.9. The van der Waals surface area contributed by atoms with Crippen LogP contribution in [0.2, 0.25) is 0 Å². The van der Waals surface area contributed by atoms with Crippen molar-refractivity contribution in [1.82, 2.24) is 15.0 Å². The molecular weight excluding hydrogens is 404 g/mol. The van der Waals surface area contributed by atoms with Gasteiger partial charge >= 0.3 is 0 Å². The Labute approximate surface area is 137 Å². The summed E-state index contributed by atoms with van der Waals surface area (Å²) < 4.78 is 2.22. The topological polar surface area (TPSA) is 42.7 Å². The highest BCUT2D eigenvalue weighted by Gasteiger charge is 2.04. The van der Waals surface area contributed by atoms with Gasteiger partial charge in [0, 0.05) is 21.6 Å². The minimum absolute atomic E-state index is 0.800. The number of thiophene rings is 1. The Balaban J connectivity index is 1.66. The fourth-order valence-corrected chi connectivity index (χ4v) is 3.85. The predicted molar refractivity (Wildman–Crippen MR) is 88.4 cm³/mol. The molecule has 0 spiro atoms. The Morgan fingerprint density at radius 3 is 2.40 bits per heavy atom. The smallest absolute Gasteiger partial charge is 0.0858 e. The summed E-state index contributed by atoms with van der Waals surface area (Å²) in [5.41, 5.74) is 2.02. The molecule has 0 fully saturated rings. The van der Waals surface area contributed by atoms with Gasteiger partial charge in [-0.15, -0.1) is 11.3 Å². The maximum atomic E-state index is 4.10. The van der Waals surface area contributed by atoms with E-state index < -0.39 is 0 Å². The van der Waals surface area contributed by atoms with Crippen LogP contribution in [0.15, 0.2) is 51.0 Å². The molecule has 0 atom stereocenters. The van der Waals surface area contributed by atoms with Gasteiger partial charge in [0.2, 0.25) is 0 Å². The molecule has 3 aromatic rings. The van der Waals surface area contributed by atoms with E-state index in [0.717, 1.165) is 26.2 Å². The molecule has 0 aliphatic carbocycles. The zero-order valence-electron chi connectivity index (χ0n) is 10.3. The van der Waals surface area contributed by atoms with Crippen LogP contribution >= 0.6 is 43.2 Å². The van der Waals surface area contributed by atoms with Gasteiger partial charge in [0.05, 0.1) is 21.9 Å². The monoisotopic (exact) mass is 412 g/mol. The number of nitrogens with one attached hydrogen (secondary N) is 1. The Bertz CT molecular complexity index is 672. The average molecular weight is 414 g/mol. The van der Waals surface area contributed by atoms with Crippen molar-refractivity contribution in [2.45, 2.75) is 6.54 Å². The van der Waals surface area contributed by atoms with Crippen LogP contribution in [0.4, 0.5) is 5.69 Å². The van der Waals surface area contributed by atoms with Gasteiger partial charge in [-0.2, -0.15) is 15.0 Å². The number of anilines is 1. The highest BCUT2D eigenvalue weighted by Crippen LogP contribution is 2.32. The maximum absolute atomic E-state index is 4.10. The van der Waals surface area contributed by atoms with Gasteiger partial charge in [-0.1, -0.05) is 0 Å². The largest absolute Gasteiger partial charge is 0.380 e. The number of halogens is 2. The summed E-state index contributed by atoms with van der Waals surface area (Å²) >= 11 is 8.71. The molecule has 0 aliphatic rings. The van der Waals surface area contributed by atoms with Crippen LogP contribution in [0, 0.1) is 0 Å². The molecule has 1 N–H and O–H groups in total. The van der Waals surface area contributed by atoms with E-state index in [9.17, 15) is 0 Å². The summed E-state index contributed by atoms with van der Waals surface area (Å²) in [6.45, 7) is 0.800. The summed E-state index contributed by atoms with van der Waals surface area (Å²) in [6.07, 6.45) is 3.33. The van der Waals surface area contributed by atoms with E-state index in [4.69, 9.17) is 0 Å². The Morgan fingerprint density at radius 1 is 1.10 bits per heavy atom. The van der Waals surface area contributed by atoms with Gasteiger partial charge in [0.1, 0.15) is 0 Å². The fraction of sp³-hybridized carbons (Fsp3) is 0.0769. The lowest BCUT2D eigenvalue weighted by Crippen LogP contribution is -2.00. The third-order valence-electron chi connectivity index (χ3n) is 2.68. The lowest BCUT2D eigenvalue weighted by Gasteiger charge is -2.06. The van der Waals surface area contributed by atoms with Crippen LogP contribution in [-0.4, -0.2) is 15.0 Å². The van der Waals surface area contributed by atoms with Gasteiger partial charge in [-0.05, 0) is 62.2 Å². The van der Waals surface area contributed by atoms with Gasteiger partial charge in [0.25, 0.3) is 0 Å². The molecule has 0 bridgehead atoms. The van der Waals surface area contributed by atoms with Crippen LogP contribution in [0.5, 0.6) is 0 Å². The number of nitrogens with zero attached hydrogens (tertiary/aromatic N) is 3. The van der Waals surface area contributed by atoms with E-state index in [0.29, 0.717) is 0 Å². The molecule has 2 aromatic heterocycles. The van der Waals surface area contributed by atoms with Crippen molar-refractivity contribution in [3.05, 3.63) is 55.9 Å². The van der Waals surface area contributed by atoms with E-state index in [1.807, 2.05) is 24.3 Å². The zero-order chi connectivity index (χ0) is 13.9. The summed E-state index contributed by atoms with van der Waals surface area (Å²) in [7, 11) is 0. The van der Waals surface area contributed by atoms with Crippen molar-refractivity contribution in [2.24, 2.45) is 0 Å². The lowest BCUT2D eigenvalue weighted by molar-refractivity contribution is 0.752. The van der Waals surface area contributed by atoms with Gasteiger partial charge in [-0.25, -0.2) is 0 Å². The predicted octanol–water partition coefficient (Wildman–Crippen LogP) is 4.47. The molecule has 0 saturated carbocycles. The van der Waals surface area contributed by atoms with Crippen molar-refractivity contribution in [2.75, 3.05) is 5.32 Å². The second kappa shape index (κ2) is 6.07. The fourth-order valence-electron chi connectivity index (χ4n) is 1.73. The maximum Gasteiger partial charge on any atom is 0.0858 e. The molecule has 0 saturated heterocycles. The summed E-state index contributed by atoms with van der Waals surface area (Å²) in [6, 6.07) is 10.1. The quantitative estimate of drug-likeness (QED) is 0.686. The standard InChI is InChI=1S/C13H10Br2N4S/c14-12-7-11(20-13(12)15)8-16-9-1-3-10(4-2-9)19-17-5-6-18-19/h1-7,16H,8H2. The molecule has 3 rings (SSSR count). The lowest BCUT2D eigenvalue weighted by atomic mass is 10.3. The SMILES string of the molecule is Brc1cc(CNc2ccc(-n3nccn3)cc2)sc1Br. The van der Waals surface area contributed by atoms with E-state index in [2.05, 4.69) is 53.4 Å². The summed E-state index contributed by atoms with van der Waals surface area (Å²) in [4.78, 5) is 2.86. The number of aromatic nitrogens is 3. The first kappa shape index (κ1) is 13.8. The molecular formula is C13H10Br2N4S. The average Bonchev–Trinajstić information content (AvgIpc) is 3.08. The number of rotatable bonds is 4. The molecule has 7 heteroatoms. The van der Waals surface area contributed by atoms with Crippen molar-refractivity contribution in [3.63, 3.8) is 0 Å². The molecule has 0 amide bonds. The van der Waals surface area contributed by atoms with Crippen molar-refractivity contribution < 1.29 is 0 Å². The molecule has 102 valence electrons. The van der Waals surface area contributed by atoms with Crippen molar-refractivity contribution in [1.29, 1.82) is 0 Å². The van der Waals surface area contributed by atoms with E-state index >= 15 is 0 Å². The molecule has 1 aromatic carbocycles. The number of hydrogen-bond donors (Lipinski definition) is 1. The first-order chi connectivity index (χ1) is 9.72. The van der Waals surface area contributed by atoms with Crippen LogP contribution < -0.4 is 5.32 Å². The molecule has 4 nitrogen and oxygen atoms in total. The number of benzene rings is 1. The second-order valence-corrected chi connectivity index (χ2v) is 7.36. The minimum atomic E-state index is 0.800. The summed E-state index contributed by atoms with van der Waals surface area (Å²) in [5.74, 6) is 0. The minimum Gasteiger partial charge on any atom is -0.380 e.